The zero-order chi connectivity index (χ0) is 34.2. The number of alkyl halides is 3. The molecule has 1 unspecified atom stereocenters. The van der Waals surface area contributed by atoms with Gasteiger partial charge in [0.05, 0.1) is 19.3 Å². The Morgan fingerprint density at radius 3 is 2.23 bits per heavy atom. The van der Waals surface area contributed by atoms with Gasteiger partial charge in [-0.15, -0.1) is 0 Å². The Bertz CT molecular complexity index is 1640. The van der Waals surface area contributed by atoms with Gasteiger partial charge in [0.15, 0.2) is 0 Å². The predicted molar refractivity (Wildman–Crippen MR) is 171 cm³/mol. The maximum atomic E-state index is 12.9. The zero-order valence-corrected chi connectivity index (χ0v) is 27.6. The molecule has 2 heterocycles. The summed E-state index contributed by atoms with van der Waals surface area (Å²) in [6, 6.07) is 20.1. The first-order valence-corrected chi connectivity index (χ1v) is 17.0. The topological polar surface area (TPSA) is 121 Å². The second kappa shape index (κ2) is 15.3. The summed E-state index contributed by atoms with van der Waals surface area (Å²) in [5, 5.41) is 3.45. The molecule has 3 aromatic rings. The fourth-order valence-electron chi connectivity index (χ4n) is 5.54. The van der Waals surface area contributed by atoms with Crippen LogP contribution in [0.4, 0.5) is 13.2 Å². The maximum Gasteiger partial charge on any atom is 0.471 e. The molecule has 0 bridgehead atoms. The Kier molecular flexibility index (Phi) is 11.6. The molecule has 1 aromatic heterocycles. The van der Waals surface area contributed by atoms with Gasteiger partial charge < -0.3 is 24.0 Å². The van der Waals surface area contributed by atoms with Gasteiger partial charge in [0.2, 0.25) is 0 Å². The average molecular weight is 674 g/mol. The Morgan fingerprint density at radius 1 is 1.06 bits per heavy atom. The molecular formula is C33H38F3N3O7Si. The van der Waals surface area contributed by atoms with Crippen LogP contribution >= 0.6 is 0 Å². The van der Waals surface area contributed by atoms with Crippen molar-refractivity contribution in [3.8, 4) is 11.8 Å². The van der Waals surface area contributed by atoms with Gasteiger partial charge in [0.1, 0.15) is 24.7 Å². The van der Waals surface area contributed by atoms with Gasteiger partial charge >= 0.3 is 17.8 Å². The average Bonchev–Trinajstić information content (AvgIpc) is 3.42. The van der Waals surface area contributed by atoms with Crippen LogP contribution in [0, 0.1) is 11.8 Å². The predicted octanol–water partition coefficient (Wildman–Crippen LogP) is 2.81. The van der Waals surface area contributed by atoms with Crippen molar-refractivity contribution >= 4 is 24.6 Å². The summed E-state index contributed by atoms with van der Waals surface area (Å²) in [5.74, 6) is 2.56. The number of aromatic amines is 1. The van der Waals surface area contributed by atoms with Crippen LogP contribution in [-0.2, 0) is 23.4 Å². The molecule has 14 heteroatoms. The van der Waals surface area contributed by atoms with Crippen LogP contribution in [0.1, 0.15) is 45.9 Å². The Morgan fingerprint density at radius 2 is 1.68 bits per heavy atom. The molecule has 1 fully saturated rings. The largest absolute Gasteiger partial charge is 0.471 e. The van der Waals surface area contributed by atoms with E-state index < -0.39 is 56.6 Å². The number of halogens is 3. The number of H-pyrrole nitrogens is 1. The lowest BCUT2D eigenvalue weighted by Crippen LogP contribution is -2.67. The van der Waals surface area contributed by atoms with Crippen LogP contribution < -0.4 is 26.9 Å². The van der Waals surface area contributed by atoms with Gasteiger partial charge in [-0.25, -0.2) is 4.79 Å². The lowest BCUT2D eigenvalue weighted by molar-refractivity contribution is -0.173. The highest BCUT2D eigenvalue weighted by Gasteiger charge is 2.51. The quantitative estimate of drug-likeness (QED) is 0.139. The minimum absolute atomic E-state index is 0.0200. The number of rotatable bonds is 11. The van der Waals surface area contributed by atoms with Gasteiger partial charge in [0.25, 0.3) is 13.9 Å². The number of nitrogens with zero attached hydrogens (tertiary/aromatic N) is 1. The Hall–Kier alpha value is -4.00. The molecule has 47 heavy (non-hydrogen) atoms. The zero-order valence-electron chi connectivity index (χ0n) is 26.6. The molecule has 3 atom stereocenters. The molecule has 1 saturated heterocycles. The van der Waals surface area contributed by atoms with E-state index in [1.165, 1.54) is 6.20 Å². The fraction of sp³-hybridized carbons (Fsp3) is 0.424. The number of carbonyl (C=O) groups is 1. The van der Waals surface area contributed by atoms with Gasteiger partial charge in [-0.3, -0.25) is 19.1 Å². The third-order valence-corrected chi connectivity index (χ3v) is 12.7. The smallest absolute Gasteiger partial charge is 0.405 e. The van der Waals surface area contributed by atoms with E-state index in [2.05, 4.69) is 61.9 Å². The summed E-state index contributed by atoms with van der Waals surface area (Å²) in [6.07, 6.45) is -5.80. The van der Waals surface area contributed by atoms with Crippen LogP contribution in [0.3, 0.4) is 0 Å². The number of hydrogen-bond acceptors (Lipinski definition) is 7. The monoisotopic (exact) mass is 673 g/mol. The lowest BCUT2D eigenvalue weighted by atomic mass is 10.2. The van der Waals surface area contributed by atoms with E-state index in [1.807, 2.05) is 43.3 Å². The molecule has 1 amide bonds. The molecule has 0 spiro atoms. The molecule has 4 rings (SSSR count). The number of hydrogen-bond donors (Lipinski definition) is 2. The van der Waals surface area contributed by atoms with Crippen LogP contribution in [0.15, 0.2) is 76.4 Å². The number of benzene rings is 2. The van der Waals surface area contributed by atoms with E-state index in [0.29, 0.717) is 6.61 Å². The van der Waals surface area contributed by atoms with Crippen LogP contribution in [0.5, 0.6) is 0 Å². The summed E-state index contributed by atoms with van der Waals surface area (Å²) in [5.41, 5.74) is -1.81. The molecular weight excluding hydrogens is 635 g/mol. The first-order valence-electron chi connectivity index (χ1n) is 15.1. The third-order valence-electron chi connectivity index (χ3n) is 7.73. The Balaban J connectivity index is 1.63. The lowest BCUT2D eigenvalue weighted by Gasteiger charge is -2.43. The van der Waals surface area contributed by atoms with Gasteiger partial charge in [0, 0.05) is 19.2 Å². The molecule has 2 N–H and O–H groups in total. The second-order valence-electron chi connectivity index (χ2n) is 11.8. The van der Waals surface area contributed by atoms with Gasteiger partial charge in [-0.2, -0.15) is 13.2 Å². The van der Waals surface area contributed by atoms with Gasteiger partial charge in [-0.05, 0) is 22.3 Å². The van der Waals surface area contributed by atoms with Crippen LogP contribution in [0.25, 0.3) is 0 Å². The van der Waals surface area contributed by atoms with Crippen molar-refractivity contribution in [1.82, 2.24) is 14.9 Å². The minimum atomic E-state index is -5.07. The molecule has 0 radical (unpaired) electrons. The highest BCUT2D eigenvalue weighted by molar-refractivity contribution is 6.99. The molecule has 0 saturated carbocycles. The first kappa shape index (κ1) is 35.8. The van der Waals surface area contributed by atoms with E-state index in [-0.39, 0.29) is 30.4 Å². The van der Waals surface area contributed by atoms with Crippen molar-refractivity contribution in [3.05, 3.63) is 93.3 Å². The van der Waals surface area contributed by atoms with E-state index in [4.69, 9.17) is 18.6 Å². The number of carbonyl (C=O) groups excluding carboxylic acids is 1. The summed E-state index contributed by atoms with van der Waals surface area (Å²) in [7, 11) is -2.95. The summed E-state index contributed by atoms with van der Waals surface area (Å²) in [4.78, 5) is 38.6. The maximum absolute atomic E-state index is 12.9. The highest BCUT2D eigenvalue weighted by Crippen LogP contribution is 2.38. The van der Waals surface area contributed by atoms with Crippen molar-refractivity contribution < 1.29 is 36.6 Å². The van der Waals surface area contributed by atoms with Crippen molar-refractivity contribution in [2.75, 3.05) is 26.6 Å². The third kappa shape index (κ3) is 8.48. The fourth-order valence-corrected chi connectivity index (χ4v) is 10.1. The number of aromatic nitrogens is 2. The molecule has 1 aliphatic rings. The molecule has 1 aliphatic heterocycles. The molecule has 2 aromatic carbocycles. The van der Waals surface area contributed by atoms with Crippen molar-refractivity contribution in [3.63, 3.8) is 0 Å². The summed E-state index contributed by atoms with van der Waals surface area (Å²) >= 11 is 0. The highest BCUT2D eigenvalue weighted by atomic mass is 28.4. The molecule has 10 nitrogen and oxygen atoms in total. The number of amides is 1. The number of ether oxygens (including phenoxy) is 3. The molecule has 0 aliphatic carbocycles. The van der Waals surface area contributed by atoms with Gasteiger partial charge in [-0.1, -0.05) is 93.3 Å². The SMILES string of the molecule is CCOCOC1C[C@H](n2cc(C#CCNC(=O)C(F)(F)F)c(=O)[nH]c2=O)O[C@@H]1CO[Si](c1ccccc1)(c1ccccc1)C(C)(C)C. The van der Waals surface area contributed by atoms with E-state index in [0.717, 1.165) is 14.9 Å². The second-order valence-corrected chi connectivity index (χ2v) is 16.2. The van der Waals surface area contributed by atoms with Crippen molar-refractivity contribution in [2.24, 2.45) is 0 Å². The molecule has 252 valence electrons. The summed E-state index contributed by atoms with van der Waals surface area (Å²) < 4.78 is 63.4. The van der Waals surface area contributed by atoms with Crippen molar-refractivity contribution in [2.45, 2.75) is 63.8 Å². The van der Waals surface area contributed by atoms with Crippen molar-refractivity contribution in [1.29, 1.82) is 0 Å². The Labute approximate surface area is 271 Å². The normalized spacial score (nSPS) is 18.4. The number of nitrogens with one attached hydrogen (secondary N) is 2. The van der Waals surface area contributed by atoms with E-state index >= 15 is 0 Å². The standard InChI is InChI=1S/C33H38F3N3O7Si/c1-5-43-22-44-26-19-28(39-20-23(29(40)38-31(39)42)13-12-18-37-30(41)33(34,35)36)46-27(26)21-45-47(32(2,3)4,24-14-8-6-9-15-24)25-16-10-7-11-17-25/h6-11,14-17,20,26-28H,5,18-19,21-22H2,1-4H3,(H,37,41)(H,38,40,42)/t26?,27-,28-/m1/s1. The van der Waals surface area contributed by atoms with E-state index in [9.17, 15) is 27.6 Å². The van der Waals surface area contributed by atoms with Crippen LogP contribution in [0.2, 0.25) is 5.04 Å². The minimum Gasteiger partial charge on any atom is -0.405 e. The first-order chi connectivity index (χ1) is 22.3. The van der Waals surface area contributed by atoms with Crippen LogP contribution in [-0.4, -0.2) is 68.7 Å². The summed E-state index contributed by atoms with van der Waals surface area (Å²) in [6.45, 7) is 8.14. The van der Waals surface area contributed by atoms with E-state index in [1.54, 1.807) is 5.32 Å².